The summed E-state index contributed by atoms with van der Waals surface area (Å²) < 4.78 is 25.3. The number of rotatable bonds is 5. The van der Waals surface area contributed by atoms with Crippen molar-refractivity contribution in [3.63, 3.8) is 0 Å². The van der Waals surface area contributed by atoms with Crippen LogP contribution in [-0.2, 0) is 14.8 Å². The quantitative estimate of drug-likeness (QED) is 0.906. The van der Waals surface area contributed by atoms with E-state index >= 15 is 0 Å². The number of benzene rings is 1. The van der Waals surface area contributed by atoms with Crippen LogP contribution in [0.4, 0.5) is 5.69 Å². The van der Waals surface area contributed by atoms with E-state index in [4.69, 9.17) is 0 Å². The number of hydrogen-bond donors (Lipinski definition) is 1. The molecule has 1 N–H and O–H groups in total. The first-order valence-corrected chi connectivity index (χ1v) is 7.98. The van der Waals surface area contributed by atoms with Crippen LogP contribution < -0.4 is 5.32 Å². The SMILES string of the molecule is CC[C@@H](C)C(=O)Nc1cc(S(=O)(=O)N(C)C)ccc1C. The van der Waals surface area contributed by atoms with Gasteiger partial charge in [0.15, 0.2) is 0 Å². The van der Waals surface area contributed by atoms with Gasteiger partial charge in [-0.15, -0.1) is 0 Å². The van der Waals surface area contributed by atoms with E-state index in [0.29, 0.717) is 5.69 Å². The predicted molar refractivity (Wildman–Crippen MR) is 80.1 cm³/mol. The minimum Gasteiger partial charge on any atom is -0.326 e. The van der Waals surface area contributed by atoms with E-state index in [0.717, 1.165) is 16.3 Å². The number of sulfonamides is 1. The molecule has 0 radical (unpaired) electrons. The molecule has 6 heteroatoms. The van der Waals surface area contributed by atoms with E-state index in [2.05, 4.69) is 5.32 Å². The number of nitrogens with zero attached hydrogens (tertiary/aromatic N) is 1. The summed E-state index contributed by atoms with van der Waals surface area (Å²) in [5, 5.41) is 2.79. The number of nitrogens with one attached hydrogen (secondary N) is 1. The molecule has 0 heterocycles. The Hall–Kier alpha value is -1.40. The molecule has 0 fully saturated rings. The molecule has 1 rings (SSSR count). The van der Waals surface area contributed by atoms with E-state index in [-0.39, 0.29) is 16.7 Å². The van der Waals surface area contributed by atoms with Gasteiger partial charge in [-0.25, -0.2) is 12.7 Å². The van der Waals surface area contributed by atoms with Gasteiger partial charge in [0.2, 0.25) is 15.9 Å². The molecule has 20 heavy (non-hydrogen) atoms. The number of anilines is 1. The zero-order chi connectivity index (χ0) is 15.5. The Morgan fingerprint density at radius 2 is 1.95 bits per heavy atom. The smallest absolute Gasteiger partial charge is 0.242 e. The third kappa shape index (κ3) is 3.58. The minimum absolute atomic E-state index is 0.102. The Kier molecular flexibility index (Phi) is 5.30. The predicted octanol–water partition coefficient (Wildman–Crippen LogP) is 2.23. The van der Waals surface area contributed by atoms with Gasteiger partial charge in [-0.3, -0.25) is 4.79 Å². The summed E-state index contributed by atoms with van der Waals surface area (Å²) in [7, 11) is -0.538. The molecule has 5 nitrogen and oxygen atoms in total. The average Bonchev–Trinajstić information content (AvgIpc) is 2.39. The second kappa shape index (κ2) is 6.37. The Labute approximate surface area is 121 Å². The van der Waals surface area contributed by atoms with E-state index in [1.807, 2.05) is 20.8 Å². The first-order chi connectivity index (χ1) is 9.20. The molecule has 0 aliphatic rings. The molecular weight excluding hydrogens is 276 g/mol. The summed E-state index contributed by atoms with van der Waals surface area (Å²) in [4.78, 5) is 12.1. The fourth-order valence-corrected chi connectivity index (χ4v) is 2.48. The van der Waals surface area contributed by atoms with Crippen molar-refractivity contribution in [2.24, 2.45) is 5.92 Å². The Balaban J connectivity index is 3.14. The fourth-order valence-electron chi connectivity index (χ4n) is 1.55. The molecular formula is C14H22N2O3S. The zero-order valence-corrected chi connectivity index (χ0v) is 13.4. The van der Waals surface area contributed by atoms with Crippen LogP contribution >= 0.6 is 0 Å². The van der Waals surface area contributed by atoms with Crippen LogP contribution in [0.3, 0.4) is 0 Å². The van der Waals surface area contributed by atoms with Crippen LogP contribution in [0.5, 0.6) is 0 Å². The van der Waals surface area contributed by atoms with Crippen molar-refractivity contribution < 1.29 is 13.2 Å². The lowest BCUT2D eigenvalue weighted by Crippen LogP contribution is -2.23. The van der Waals surface area contributed by atoms with Crippen molar-refractivity contribution in [3.8, 4) is 0 Å². The Morgan fingerprint density at radius 3 is 2.45 bits per heavy atom. The molecule has 1 aromatic rings. The van der Waals surface area contributed by atoms with Gasteiger partial charge < -0.3 is 5.32 Å². The van der Waals surface area contributed by atoms with Gasteiger partial charge in [-0.1, -0.05) is 19.9 Å². The van der Waals surface area contributed by atoms with Crippen molar-refractivity contribution >= 4 is 21.6 Å². The van der Waals surface area contributed by atoms with Crippen LogP contribution in [0, 0.1) is 12.8 Å². The van der Waals surface area contributed by atoms with E-state index in [9.17, 15) is 13.2 Å². The maximum absolute atomic E-state index is 12.1. The van der Waals surface area contributed by atoms with Crippen LogP contribution in [0.1, 0.15) is 25.8 Å². The van der Waals surface area contributed by atoms with Gasteiger partial charge in [0.05, 0.1) is 4.90 Å². The van der Waals surface area contributed by atoms with E-state index in [1.165, 1.54) is 20.2 Å². The monoisotopic (exact) mass is 298 g/mol. The largest absolute Gasteiger partial charge is 0.326 e. The van der Waals surface area contributed by atoms with Crippen LogP contribution in [0.25, 0.3) is 0 Å². The second-order valence-corrected chi connectivity index (χ2v) is 7.21. The second-order valence-electron chi connectivity index (χ2n) is 5.06. The summed E-state index contributed by atoms with van der Waals surface area (Å²) >= 11 is 0. The first-order valence-electron chi connectivity index (χ1n) is 6.54. The molecule has 1 atom stereocenters. The topological polar surface area (TPSA) is 66.5 Å². The van der Waals surface area contributed by atoms with E-state index in [1.54, 1.807) is 12.1 Å². The fraction of sp³-hybridized carbons (Fsp3) is 0.500. The van der Waals surface area contributed by atoms with Gasteiger partial charge in [-0.05, 0) is 31.0 Å². The van der Waals surface area contributed by atoms with Gasteiger partial charge in [-0.2, -0.15) is 0 Å². The number of hydrogen-bond acceptors (Lipinski definition) is 3. The highest BCUT2D eigenvalue weighted by Crippen LogP contribution is 2.22. The molecule has 0 aliphatic heterocycles. The lowest BCUT2D eigenvalue weighted by molar-refractivity contribution is -0.119. The highest BCUT2D eigenvalue weighted by Gasteiger charge is 2.19. The molecule has 0 saturated carbocycles. The summed E-state index contributed by atoms with van der Waals surface area (Å²) in [6.45, 7) is 5.60. The van der Waals surface area contributed by atoms with Crippen LogP contribution in [0.2, 0.25) is 0 Å². The van der Waals surface area contributed by atoms with Crippen molar-refractivity contribution in [2.75, 3.05) is 19.4 Å². The first kappa shape index (κ1) is 16.7. The molecule has 0 bridgehead atoms. The Morgan fingerprint density at radius 1 is 1.35 bits per heavy atom. The molecule has 0 saturated heterocycles. The normalized spacial score (nSPS) is 13.3. The van der Waals surface area contributed by atoms with Crippen molar-refractivity contribution in [3.05, 3.63) is 23.8 Å². The standard InChI is InChI=1S/C14H22N2O3S/c1-6-10(2)14(17)15-13-9-12(8-7-11(13)3)20(18,19)16(4)5/h7-10H,6H2,1-5H3,(H,15,17)/t10-/m1/s1. The van der Waals surface area contributed by atoms with Crippen molar-refractivity contribution in [1.29, 1.82) is 0 Å². The summed E-state index contributed by atoms with van der Waals surface area (Å²) in [6, 6.07) is 4.75. The molecule has 1 aromatic carbocycles. The summed E-state index contributed by atoms with van der Waals surface area (Å²) in [5.74, 6) is -0.210. The van der Waals surface area contributed by atoms with Gasteiger partial charge in [0.1, 0.15) is 0 Å². The highest BCUT2D eigenvalue weighted by atomic mass is 32.2. The van der Waals surface area contributed by atoms with Gasteiger partial charge >= 0.3 is 0 Å². The molecule has 0 aliphatic carbocycles. The number of carbonyl (C=O) groups is 1. The maximum Gasteiger partial charge on any atom is 0.242 e. The summed E-state index contributed by atoms with van der Waals surface area (Å²) in [6.07, 6.45) is 0.737. The average molecular weight is 298 g/mol. The highest BCUT2D eigenvalue weighted by molar-refractivity contribution is 7.89. The van der Waals surface area contributed by atoms with Crippen LogP contribution in [0.15, 0.2) is 23.1 Å². The Bertz CT molecular complexity index is 594. The zero-order valence-electron chi connectivity index (χ0n) is 12.6. The molecule has 0 unspecified atom stereocenters. The van der Waals surface area contributed by atoms with E-state index < -0.39 is 10.0 Å². The van der Waals surface area contributed by atoms with Gasteiger partial charge in [0, 0.05) is 25.7 Å². The number of amides is 1. The number of aryl methyl sites for hydroxylation is 1. The van der Waals surface area contributed by atoms with Crippen molar-refractivity contribution in [2.45, 2.75) is 32.1 Å². The maximum atomic E-state index is 12.1. The number of carbonyl (C=O) groups excluding carboxylic acids is 1. The third-order valence-electron chi connectivity index (χ3n) is 3.31. The molecule has 112 valence electrons. The molecule has 0 spiro atoms. The lowest BCUT2D eigenvalue weighted by atomic mass is 10.1. The molecule has 1 amide bonds. The third-order valence-corrected chi connectivity index (χ3v) is 5.12. The summed E-state index contributed by atoms with van der Waals surface area (Å²) in [5.41, 5.74) is 1.37. The minimum atomic E-state index is -3.50. The van der Waals surface area contributed by atoms with Gasteiger partial charge in [0.25, 0.3) is 0 Å². The van der Waals surface area contributed by atoms with Crippen LogP contribution in [-0.4, -0.2) is 32.7 Å². The lowest BCUT2D eigenvalue weighted by Gasteiger charge is -2.15. The molecule has 0 aromatic heterocycles. The van der Waals surface area contributed by atoms with Crippen molar-refractivity contribution in [1.82, 2.24) is 4.31 Å².